The summed E-state index contributed by atoms with van der Waals surface area (Å²) >= 11 is 0. The number of imidazole rings is 1. The third kappa shape index (κ3) is 5.41. The van der Waals surface area contributed by atoms with Gasteiger partial charge in [0.1, 0.15) is 6.10 Å². The van der Waals surface area contributed by atoms with Crippen LogP contribution < -0.4 is 10.5 Å². The smallest absolute Gasteiger partial charge is 0.476 e. The van der Waals surface area contributed by atoms with E-state index in [1.807, 2.05) is 0 Å². The molecule has 0 aromatic carbocycles. The number of halogens is 1. The van der Waals surface area contributed by atoms with Crippen molar-refractivity contribution in [3.05, 3.63) is 6.33 Å². The van der Waals surface area contributed by atoms with Gasteiger partial charge in [-0.15, -0.1) is 0 Å². The Hall–Kier alpha value is -1.59. The van der Waals surface area contributed by atoms with E-state index in [1.165, 1.54) is 10.9 Å². The van der Waals surface area contributed by atoms with Gasteiger partial charge in [-0.3, -0.25) is 9.09 Å². The van der Waals surface area contributed by atoms with E-state index in [2.05, 4.69) is 28.1 Å². The van der Waals surface area contributed by atoms with Gasteiger partial charge < -0.3 is 39.5 Å². The first-order valence-corrected chi connectivity index (χ1v) is 14.0. The van der Waals surface area contributed by atoms with Crippen LogP contribution in [0.4, 0.5) is 10.3 Å². The number of hydrogen-bond acceptors (Lipinski definition) is 13. The summed E-state index contributed by atoms with van der Waals surface area (Å²) in [4.78, 5) is 48.2. The number of aromatic nitrogens is 4. The number of phosphoric acid groups is 3. The quantitative estimate of drug-likeness (QED) is 0.240. The van der Waals surface area contributed by atoms with E-state index in [4.69, 9.17) is 29.7 Å². The maximum absolute atomic E-state index is 15.2. The summed E-state index contributed by atoms with van der Waals surface area (Å²) in [7, 11) is -16.8. The Morgan fingerprint density at radius 2 is 1.94 bits per heavy atom. The van der Waals surface area contributed by atoms with E-state index in [1.54, 1.807) is 6.92 Å². The van der Waals surface area contributed by atoms with Crippen molar-refractivity contribution in [1.29, 1.82) is 0 Å². The molecule has 2 unspecified atom stereocenters. The molecule has 18 nitrogen and oxygen atoms in total. The minimum Gasteiger partial charge on any atom is -0.476 e. The zero-order valence-electron chi connectivity index (χ0n) is 17.5. The van der Waals surface area contributed by atoms with Gasteiger partial charge >= 0.3 is 23.5 Å². The molecule has 6 N–H and O–H groups in total. The van der Waals surface area contributed by atoms with E-state index in [0.29, 0.717) is 0 Å². The van der Waals surface area contributed by atoms with Crippen molar-refractivity contribution in [2.45, 2.75) is 31.0 Å². The van der Waals surface area contributed by atoms with Gasteiger partial charge in [-0.25, -0.2) is 23.1 Å². The molecule has 196 valence electrons. The highest BCUT2D eigenvalue weighted by Crippen LogP contribution is 2.66. The predicted octanol–water partition coefficient (Wildman–Crippen LogP) is 0.155. The summed E-state index contributed by atoms with van der Waals surface area (Å²) < 4.78 is 79.1. The normalized spacial score (nSPS) is 29.8. The zero-order valence-corrected chi connectivity index (χ0v) is 20.2. The van der Waals surface area contributed by atoms with Gasteiger partial charge in [-0.05, 0) is 6.92 Å². The Bertz CT molecular complexity index is 1270. The number of anilines is 1. The van der Waals surface area contributed by atoms with Gasteiger partial charge in [0.15, 0.2) is 29.2 Å². The Morgan fingerprint density at radius 1 is 1.23 bits per heavy atom. The van der Waals surface area contributed by atoms with Gasteiger partial charge in [-0.1, -0.05) is 0 Å². The fourth-order valence-electron chi connectivity index (χ4n) is 3.53. The molecule has 0 saturated carbocycles. The molecule has 2 aromatic rings. The Balaban J connectivity index is 1.53. The lowest BCUT2D eigenvalue weighted by Crippen LogP contribution is -2.43. The molecule has 6 atom stereocenters. The first-order valence-electron chi connectivity index (χ1n) is 9.50. The second kappa shape index (κ2) is 9.06. The molecule has 22 heteroatoms. The van der Waals surface area contributed by atoms with E-state index in [0.717, 1.165) is 0 Å². The third-order valence-electron chi connectivity index (χ3n) is 4.80. The number of rotatable bonds is 10. The molecule has 4 rings (SSSR count). The highest BCUT2D eigenvalue weighted by atomic mass is 31.3. The van der Waals surface area contributed by atoms with E-state index >= 15 is 4.39 Å². The number of fused-ring (bicyclic) bond motifs is 3. The Labute approximate surface area is 194 Å². The fourth-order valence-corrected chi connectivity index (χ4v) is 6.61. The molecule has 2 saturated heterocycles. The summed E-state index contributed by atoms with van der Waals surface area (Å²) in [6.07, 6.45) is -3.12. The van der Waals surface area contributed by atoms with Gasteiger partial charge in [0.25, 0.3) is 0 Å². The molecule has 0 aliphatic carbocycles. The molecule has 0 amide bonds. The van der Waals surface area contributed by atoms with Crippen LogP contribution >= 0.6 is 23.5 Å². The van der Waals surface area contributed by atoms with Crippen molar-refractivity contribution in [2.75, 3.05) is 25.6 Å². The van der Waals surface area contributed by atoms with Crippen LogP contribution in [0.15, 0.2) is 6.33 Å². The Kier molecular flexibility index (Phi) is 6.85. The van der Waals surface area contributed by atoms with Crippen LogP contribution in [0.3, 0.4) is 0 Å². The molecule has 4 heterocycles. The maximum atomic E-state index is 15.2. The summed E-state index contributed by atoms with van der Waals surface area (Å²) in [6, 6.07) is 0. The van der Waals surface area contributed by atoms with Crippen LogP contribution in [0.25, 0.3) is 11.2 Å². The molecule has 2 aromatic heterocycles. The van der Waals surface area contributed by atoms with Crippen molar-refractivity contribution in [3.8, 4) is 5.88 Å². The van der Waals surface area contributed by atoms with Crippen LogP contribution in [-0.2, 0) is 36.3 Å². The van der Waals surface area contributed by atoms with Crippen LogP contribution in [0, 0.1) is 0 Å². The molecule has 0 radical (unpaired) electrons. The summed E-state index contributed by atoms with van der Waals surface area (Å²) in [5.41, 5.74) is 4.06. The molecule has 35 heavy (non-hydrogen) atoms. The number of nitrogen functional groups attached to an aromatic ring is 1. The number of phosphoric ester groups is 1. The SMILES string of the molecule is CCOc1nc(N)nc2c1ncn2[C@@H]1O[C@@]2(COP(=O)(O)OP(=O)(O)OP(=O)(O)O)CO[C@@H]1[C@@H]2F. The monoisotopic (exact) mass is 565 g/mol. The number of hydrogen-bond donors (Lipinski definition) is 5. The van der Waals surface area contributed by atoms with Crippen molar-refractivity contribution in [3.63, 3.8) is 0 Å². The van der Waals surface area contributed by atoms with E-state index in [9.17, 15) is 23.5 Å². The van der Waals surface area contributed by atoms with Crippen LogP contribution in [0.1, 0.15) is 13.2 Å². The molecular formula is C13H19FN5O13P3. The first kappa shape index (κ1) is 26.5. The highest BCUT2D eigenvalue weighted by molar-refractivity contribution is 7.66. The topological polar surface area (TPSA) is 257 Å². The van der Waals surface area contributed by atoms with Crippen molar-refractivity contribution in [2.24, 2.45) is 0 Å². The van der Waals surface area contributed by atoms with E-state index < -0.39 is 60.8 Å². The summed E-state index contributed by atoms with van der Waals surface area (Å²) in [5.74, 6) is -0.0806. The summed E-state index contributed by atoms with van der Waals surface area (Å²) in [5, 5.41) is 0. The number of ether oxygens (including phenoxy) is 3. The maximum Gasteiger partial charge on any atom is 0.490 e. The molecule has 0 spiro atoms. The van der Waals surface area contributed by atoms with E-state index in [-0.39, 0.29) is 29.6 Å². The second-order valence-corrected chi connectivity index (χ2v) is 11.7. The predicted molar refractivity (Wildman–Crippen MR) is 108 cm³/mol. The van der Waals surface area contributed by atoms with Crippen molar-refractivity contribution in [1.82, 2.24) is 19.5 Å². The third-order valence-corrected chi connectivity index (χ3v) is 8.58. The average molecular weight is 565 g/mol. The van der Waals surface area contributed by atoms with Crippen molar-refractivity contribution >= 4 is 40.6 Å². The molecule has 2 bridgehead atoms. The second-order valence-electron chi connectivity index (χ2n) is 7.26. The van der Waals surface area contributed by atoms with Crippen molar-refractivity contribution < 1.29 is 65.0 Å². The summed E-state index contributed by atoms with van der Waals surface area (Å²) in [6.45, 7) is 0.487. The molecule has 2 aliphatic rings. The lowest BCUT2D eigenvalue weighted by molar-refractivity contribution is -0.182. The fraction of sp³-hybridized carbons (Fsp3) is 0.615. The van der Waals surface area contributed by atoms with Crippen LogP contribution in [0.2, 0.25) is 0 Å². The Morgan fingerprint density at radius 3 is 2.60 bits per heavy atom. The lowest BCUT2D eigenvalue weighted by atomic mass is 10.0. The molecular weight excluding hydrogens is 546 g/mol. The zero-order chi connectivity index (χ0) is 25.8. The first-order chi connectivity index (χ1) is 16.2. The van der Waals surface area contributed by atoms with Gasteiger partial charge in [0, 0.05) is 0 Å². The number of nitrogens with zero attached hydrogens (tertiary/aromatic N) is 4. The van der Waals surface area contributed by atoms with Gasteiger partial charge in [-0.2, -0.15) is 18.6 Å². The number of alkyl halides is 1. The minimum atomic E-state index is -5.74. The largest absolute Gasteiger partial charge is 0.490 e. The average Bonchev–Trinajstić information content (AvgIpc) is 3.33. The van der Waals surface area contributed by atoms with Gasteiger partial charge in [0.05, 0.1) is 26.1 Å². The van der Waals surface area contributed by atoms with Crippen LogP contribution in [0.5, 0.6) is 5.88 Å². The van der Waals surface area contributed by atoms with Crippen LogP contribution in [-0.4, -0.2) is 76.8 Å². The molecule has 2 fully saturated rings. The lowest BCUT2D eigenvalue weighted by Gasteiger charge is -2.30. The highest BCUT2D eigenvalue weighted by Gasteiger charge is 2.64. The minimum absolute atomic E-state index is 0.0806. The number of nitrogens with two attached hydrogens (primary N) is 1. The van der Waals surface area contributed by atoms with Gasteiger partial charge in [0.2, 0.25) is 11.8 Å². The molecule has 2 aliphatic heterocycles. The standard InChI is InChI=1S/C13H19FN5O13P3/c1-2-27-10-6-9(17-12(15)18-10)19(5-16-6)11-7-8(14)13(30-11,3-28-7)4-29-34(23,24)32-35(25,26)31-33(20,21)22/h5,7-8,11H,2-4H2,1H3,(H,23,24)(H,25,26)(H2,15,17,18)(H2,20,21,22)/t7-,8+,11-,13-/m1/s1.